The molecule has 12 heteroatoms. The number of para-hydroxylation sites is 1. The summed E-state index contributed by atoms with van der Waals surface area (Å²) in [6, 6.07) is 8.21. The van der Waals surface area contributed by atoms with Crippen LogP contribution in [0.5, 0.6) is 5.75 Å². The van der Waals surface area contributed by atoms with Gasteiger partial charge in [0.1, 0.15) is 10.6 Å². The van der Waals surface area contributed by atoms with Gasteiger partial charge in [-0.25, -0.2) is 0 Å². The highest BCUT2D eigenvalue weighted by Gasteiger charge is 2.49. The summed E-state index contributed by atoms with van der Waals surface area (Å²) in [7, 11) is -5.97. The highest BCUT2D eigenvalue weighted by Crippen LogP contribution is 2.38. The Hall–Kier alpha value is -2.86. The number of benzene rings is 1. The van der Waals surface area contributed by atoms with E-state index in [-0.39, 0.29) is 10.8 Å². The lowest BCUT2D eigenvalue weighted by atomic mass is 10.2. The second-order valence-corrected chi connectivity index (χ2v) is 7.86. The number of hydrogen-bond donors (Lipinski definition) is 1. The molecule has 7 nitrogen and oxygen atoms in total. The molecular weight excluding hydrogens is 423 g/mol. The van der Waals surface area contributed by atoms with Crippen molar-refractivity contribution in [2.24, 2.45) is 0 Å². The summed E-state index contributed by atoms with van der Waals surface area (Å²) in [5.41, 5.74) is -5.73. The van der Waals surface area contributed by atoms with Crippen LogP contribution in [-0.4, -0.2) is 25.6 Å². The largest absolute Gasteiger partial charge is 0.534 e. The first-order chi connectivity index (χ1) is 13.0. The summed E-state index contributed by atoms with van der Waals surface area (Å²) in [5.74, 6) is -2.50. The SMILES string of the molecule is CC(=O)c1c(OS(=O)(=O)C(F)(F)F)csc1NC(=O)c1cc2ccccc2o1. The number of ketones is 1. The number of fused-ring (bicyclic) bond motifs is 1. The van der Waals surface area contributed by atoms with E-state index in [0.29, 0.717) is 22.3 Å². The molecule has 0 aliphatic heterocycles. The molecule has 0 fully saturated rings. The Morgan fingerprint density at radius 2 is 1.89 bits per heavy atom. The Balaban J connectivity index is 1.91. The third-order valence-electron chi connectivity index (χ3n) is 3.47. The molecule has 0 saturated carbocycles. The van der Waals surface area contributed by atoms with Gasteiger partial charge in [0.15, 0.2) is 17.3 Å². The van der Waals surface area contributed by atoms with Gasteiger partial charge in [-0.1, -0.05) is 18.2 Å². The fourth-order valence-electron chi connectivity index (χ4n) is 2.25. The smallest absolute Gasteiger partial charge is 0.451 e. The summed E-state index contributed by atoms with van der Waals surface area (Å²) in [6.45, 7) is 0.992. The van der Waals surface area contributed by atoms with Crippen LogP contribution in [-0.2, 0) is 10.1 Å². The van der Waals surface area contributed by atoms with E-state index < -0.39 is 38.6 Å². The number of halogens is 3. The predicted molar refractivity (Wildman–Crippen MR) is 94.1 cm³/mol. The number of amides is 1. The van der Waals surface area contributed by atoms with E-state index in [1.54, 1.807) is 24.3 Å². The number of nitrogens with one attached hydrogen (secondary N) is 1. The van der Waals surface area contributed by atoms with Gasteiger partial charge in [-0.2, -0.15) is 21.6 Å². The molecular formula is C16H10F3NO6S2. The molecule has 0 bridgehead atoms. The molecule has 0 atom stereocenters. The molecule has 0 radical (unpaired) electrons. The molecule has 1 N–H and O–H groups in total. The number of thiophene rings is 1. The van der Waals surface area contributed by atoms with Crippen molar-refractivity contribution in [2.75, 3.05) is 5.32 Å². The van der Waals surface area contributed by atoms with Gasteiger partial charge in [0, 0.05) is 10.8 Å². The van der Waals surface area contributed by atoms with E-state index in [1.165, 1.54) is 6.07 Å². The topological polar surface area (TPSA) is 103 Å². The molecule has 0 aliphatic carbocycles. The summed E-state index contributed by atoms with van der Waals surface area (Å²) in [6.07, 6.45) is 0. The Morgan fingerprint density at radius 1 is 1.21 bits per heavy atom. The lowest BCUT2D eigenvalue weighted by molar-refractivity contribution is -0.0500. The first-order valence-corrected chi connectivity index (χ1v) is 9.71. The van der Waals surface area contributed by atoms with Crippen molar-refractivity contribution >= 4 is 49.1 Å². The normalized spacial score (nSPS) is 12.1. The maximum Gasteiger partial charge on any atom is 0.534 e. The molecule has 3 aromatic rings. The number of rotatable bonds is 5. The molecule has 28 heavy (non-hydrogen) atoms. The molecule has 1 amide bonds. The lowest BCUT2D eigenvalue weighted by Crippen LogP contribution is -2.28. The second kappa shape index (κ2) is 6.95. The Kier molecular flexibility index (Phi) is 4.93. The Morgan fingerprint density at radius 3 is 2.50 bits per heavy atom. The number of anilines is 1. The van der Waals surface area contributed by atoms with Crippen LogP contribution in [0.15, 0.2) is 40.1 Å². The second-order valence-electron chi connectivity index (χ2n) is 5.45. The van der Waals surface area contributed by atoms with Gasteiger partial charge < -0.3 is 13.9 Å². The van der Waals surface area contributed by atoms with Gasteiger partial charge in [0.05, 0.1) is 5.56 Å². The number of furan rings is 1. The number of hydrogen-bond acceptors (Lipinski definition) is 7. The number of carbonyl (C=O) groups is 2. The monoisotopic (exact) mass is 433 g/mol. The Bertz CT molecular complexity index is 1140. The van der Waals surface area contributed by atoms with Crippen LogP contribution in [0.3, 0.4) is 0 Å². The zero-order valence-electron chi connectivity index (χ0n) is 13.9. The average molecular weight is 433 g/mol. The number of Topliss-reactive ketones (excluding diaryl/α,β-unsaturated/α-hetero) is 1. The minimum atomic E-state index is -5.97. The molecule has 2 aromatic heterocycles. The highest BCUT2D eigenvalue weighted by atomic mass is 32.2. The van der Waals surface area contributed by atoms with Crippen molar-refractivity contribution < 1.29 is 39.8 Å². The fourth-order valence-corrected chi connectivity index (χ4v) is 3.68. The van der Waals surface area contributed by atoms with E-state index in [2.05, 4.69) is 9.50 Å². The predicted octanol–water partition coefficient (Wildman–Crippen LogP) is 4.18. The zero-order chi connectivity index (χ0) is 20.7. The van der Waals surface area contributed by atoms with Gasteiger partial charge >= 0.3 is 15.6 Å². The molecule has 148 valence electrons. The summed E-state index contributed by atoms with van der Waals surface area (Å²) in [4.78, 5) is 24.2. The van der Waals surface area contributed by atoms with Crippen molar-refractivity contribution in [2.45, 2.75) is 12.4 Å². The third kappa shape index (κ3) is 3.73. The molecule has 3 rings (SSSR count). The van der Waals surface area contributed by atoms with Gasteiger partial charge in [-0.05, 0) is 19.1 Å². The van der Waals surface area contributed by atoms with Crippen LogP contribution in [0.25, 0.3) is 11.0 Å². The summed E-state index contributed by atoms with van der Waals surface area (Å²) in [5, 5.41) is 3.67. The fraction of sp³-hybridized carbons (Fsp3) is 0.125. The highest BCUT2D eigenvalue weighted by molar-refractivity contribution is 7.88. The third-order valence-corrected chi connectivity index (χ3v) is 5.31. The van der Waals surface area contributed by atoms with Crippen LogP contribution in [0, 0.1) is 0 Å². The van der Waals surface area contributed by atoms with Crippen LogP contribution in [0.1, 0.15) is 27.8 Å². The Labute approximate surface area is 159 Å². The van der Waals surface area contributed by atoms with Crippen LogP contribution >= 0.6 is 11.3 Å². The molecule has 2 heterocycles. The first-order valence-electron chi connectivity index (χ1n) is 7.42. The number of alkyl halides is 3. The summed E-state index contributed by atoms with van der Waals surface area (Å²) >= 11 is 0.634. The van der Waals surface area contributed by atoms with E-state index in [4.69, 9.17) is 4.42 Å². The standard InChI is InChI=1S/C16H10F3NO6S2/c1-8(21)13-12(26-28(23,24)16(17,18)19)7-27-15(13)20-14(22)11-6-9-4-2-3-5-10(9)25-11/h2-7H,1H3,(H,20,22). The molecule has 0 unspecified atom stereocenters. The lowest BCUT2D eigenvalue weighted by Gasteiger charge is -2.10. The zero-order valence-corrected chi connectivity index (χ0v) is 15.5. The van der Waals surface area contributed by atoms with Crippen molar-refractivity contribution in [3.8, 4) is 5.75 Å². The quantitative estimate of drug-likeness (QED) is 0.368. The minimum absolute atomic E-state index is 0.102. The first kappa shape index (κ1) is 19.9. The van der Waals surface area contributed by atoms with Crippen molar-refractivity contribution in [3.05, 3.63) is 47.0 Å². The summed E-state index contributed by atoms with van der Waals surface area (Å²) < 4.78 is 69.3. The minimum Gasteiger partial charge on any atom is -0.451 e. The van der Waals surface area contributed by atoms with Crippen LogP contribution in [0.4, 0.5) is 18.2 Å². The van der Waals surface area contributed by atoms with Gasteiger partial charge in [-0.15, -0.1) is 11.3 Å². The van der Waals surface area contributed by atoms with E-state index >= 15 is 0 Å². The van der Waals surface area contributed by atoms with Crippen LogP contribution in [0.2, 0.25) is 0 Å². The van der Waals surface area contributed by atoms with Crippen molar-refractivity contribution in [1.29, 1.82) is 0 Å². The van der Waals surface area contributed by atoms with Crippen molar-refractivity contribution in [3.63, 3.8) is 0 Å². The van der Waals surface area contributed by atoms with E-state index in [1.807, 2.05) is 0 Å². The van der Waals surface area contributed by atoms with E-state index in [9.17, 15) is 31.2 Å². The average Bonchev–Trinajstić information content (AvgIpc) is 3.17. The van der Waals surface area contributed by atoms with Crippen molar-refractivity contribution in [1.82, 2.24) is 0 Å². The van der Waals surface area contributed by atoms with Gasteiger partial charge in [0.2, 0.25) is 0 Å². The van der Waals surface area contributed by atoms with Crippen LogP contribution < -0.4 is 9.50 Å². The van der Waals surface area contributed by atoms with E-state index in [0.717, 1.165) is 12.3 Å². The molecule has 1 aromatic carbocycles. The van der Waals surface area contributed by atoms with Gasteiger partial charge in [0.25, 0.3) is 5.91 Å². The van der Waals surface area contributed by atoms with Gasteiger partial charge in [-0.3, -0.25) is 9.59 Å². The molecule has 0 spiro atoms. The maximum atomic E-state index is 12.5. The maximum absolute atomic E-state index is 12.5. The molecule has 0 aliphatic rings. The number of carbonyl (C=O) groups excluding carboxylic acids is 2. The molecule has 0 saturated heterocycles.